The summed E-state index contributed by atoms with van der Waals surface area (Å²) in [6.45, 7) is 0.751. The Labute approximate surface area is 167 Å². The Balaban J connectivity index is 1.72. The Kier molecular flexibility index (Phi) is 6.33. The van der Waals surface area contributed by atoms with Crippen LogP contribution in [0.4, 0.5) is 17.5 Å². The molecule has 144 valence electrons. The average molecular weight is 399 g/mol. The third-order valence-electron chi connectivity index (χ3n) is 4.06. The summed E-state index contributed by atoms with van der Waals surface area (Å²) >= 11 is 6.21. The second-order valence-electron chi connectivity index (χ2n) is 5.98. The van der Waals surface area contributed by atoms with Crippen molar-refractivity contribution in [1.29, 1.82) is 0 Å². The van der Waals surface area contributed by atoms with Crippen molar-refractivity contribution in [2.24, 2.45) is 0 Å². The first kappa shape index (κ1) is 19.5. The van der Waals surface area contributed by atoms with Crippen molar-refractivity contribution in [2.75, 3.05) is 30.9 Å². The lowest BCUT2D eigenvalue weighted by Gasteiger charge is -2.18. The van der Waals surface area contributed by atoms with Gasteiger partial charge in [0.2, 0.25) is 5.95 Å². The van der Waals surface area contributed by atoms with Gasteiger partial charge in [-0.15, -0.1) is 5.10 Å². The minimum atomic E-state index is -0.455. The standard InChI is InChI=1S/C19H19ClN6O2/c1-26(10-7-13-5-8-21-9-6-13)17-12-22-25-19(24-17)23-16-11-14(18(27)28-2)3-4-15(16)20/h3-6,8-9,11-12H,7,10H2,1-2H3,(H,23,24,25). The molecule has 0 bridgehead atoms. The third kappa shape index (κ3) is 4.92. The van der Waals surface area contributed by atoms with Gasteiger partial charge >= 0.3 is 5.97 Å². The number of likely N-dealkylation sites (N-methyl/N-ethyl adjacent to an activating group) is 1. The van der Waals surface area contributed by atoms with E-state index < -0.39 is 5.97 Å². The molecule has 9 heteroatoms. The van der Waals surface area contributed by atoms with Crippen molar-refractivity contribution in [2.45, 2.75) is 6.42 Å². The summed E-state index contributed by atoms with van der Waals surface area (Å²) in [5, 5.41) is 11.4. The Morgan fingerprint density at radius 1 is 1.25 bits per heavy atom. The normalized spacial score (nSPS) is 10.4. The van der Waals surface area contributed by atoms with Crippen molar-refractivity contribution < 1.29 is 9.53 Å². The van der Waals surface area contributed by atoms with Crippen molar-refractivity contribution in [3.05, 3.63) is 65.1 Å². The number of esters is 1. The van der Waals surface area contributed by atoms with E-state index in [1.54, 1.807) is 36.8 Å². The molecule has 0 aliphatic rings. The average Bonchev–Trinajstić information content (AvgIpc) is 2.74. The topological polar surface area (TPSA) is 93.1 Å². The summed E-state index contributed by atoms with van der Waals surface area (Å²) in [6.07, 6.45) is 5.98. The molecule has 0 spiro atoms. The number of ether oxygens (including phenoxy) is 1. The molecule has 2 aromatic heterocycles. The highest BCUT2D eigenvalue weighted by Crippen LogP contribution is 2.26. The van der Waals surface area contributed by atoms with Gasteiger partial charge in [0.15, 0.2) is 5.82 Å². The predicted molar refractivity (Wildman–Crippen MR) is 107 cm³/mol. The van der Waals surface area contributed by atoms with Crippen LogP contribution in [0.25, 0.3) is 0 Å². The molecule has 1 aromatic carbocycles. The number of nitrogens with zero attached hydrogens (tertiary/aromatic N) is 5. The molecule has 0 unspecified atom stereocenters. The molecule has 0 atom stereocenters. The summed E-state index contributed by atoms with van der Waals surface area (Å²) in [4.78, 5) is 22.2. The van der Waals surface area contributed by atoms with Crippen molar-refractivity contribution in [1.82, 2.24) is 20.2 Å². The number of pyridine rings is 1. The van der Waals surface area contributed by atoms with Crippen LogP contribution in [0, 0.1) is 0 Å². The monoisotopic (exact) mass is 398 g/mol. The third-order valence-corrected chi connectivity index (χ3v) is 4.39. The van der Waals surface area contributed by atoms with Crippen LogP contribution in [-0.4, -0.2) is 46.8 Å². The number of nitrogens with one attached hydrogen (secondary N) is 1. The summed E-state index contributed by atoms with van der Waals surface area (Å²) in [5.74, 6) is 0.479. The van der Waals surface area contributed by atoms with Gasteiger partial charge < -0.3 is 15.0 Å². The molecule has 8 nitrogen and oxygen atoms in total. The van der Waals surface area contributed by atoms with Crippen LogP contribution in [0.2, 0.25) is 5.02 Å². The Morgan fingerprint density at radius 2 is 2.04 bits per heavy atom. The zero-order valence-electron chi connectivity index (χ0n) is 15.5. The number of carbonyl (C=O) groups is 1. The zero-order valence-corrected chi connectivity index (χ0v) is 16.2. The molecule has 0 aliphatic carbocycles. The van der Waals surface area contributed by atoms with Gasteiger partial charge in [-0.1, -0.05) is 11.6 Å². The number of rotatable bonds is 7. The molecule has 1 N–H and O–H groups in total. The highest BCUT2D eigenvalue weighted by molar-refractivity contribution is 6.33. The molecular weight excluding hydrogens is 380 g/mol. The second kappa shape index (κ2) is 9.09. The highest BCUT2D eigenvalue weighted by atomic mass is 35.5. The van der Waals surface area contributed by atoms with Crippen molar-refractivity contribution in [3.8, 4) is 0 Å². The molecule has 3 aromatic rings. The smallest absolute Gasteiger partial charge is 0.337 e. The van der Waals surface area contributed by atoms with E-state index in [9.17, 15) is 4.79 Å². The minimum absolute atomic E-state index is 0.275. The SMILES string of the molecule is COC(=O)c1ccc(Cl)c(Nc2nncc(N(C)CCc3ccncc3)n2)c1. The molecule has 0 aliphatic heterocycles. The number of hydrogen-bond donors (Lipinski definition) is 1. The van der Waals surface area contributed by atoms with E-state index in [-0.39, 0.29) is 5.95 Å². The van der Waals surface area contributed by atoms with Crippen LogP contribution in [0.5, 0.6) is 0 Å². The maximum absolute atomic E-state index is 11.7. The first-order chi connectivity index (χ1) is 13.6. The van der Waals surface area contributed by atoms with Gasteiger partial charge in [0.25, 0.3) is 0 Å². The molecule has 0 amide bonds. The largest absolute Gasteiger partial charge is 0.465 e. The summed E-state index contributed by atoms with van der Waals surface area (Å²) in [5.41, 5.74) is 2.05. The number of hydrogen-bond acceptors (Lipinski definition) is 8. The molecular formula is C19H19ClN6O2. The molecule has 0 fully saturated rings. The van der Waals surface area contributed by atoms with Crippen LogP contribution < -0.4 is 10.2 Å². The van der Waals surface area contributed by atoms with Crippen LogP contribution in [0.1, 0.15) is 15.9 Å². The van der Waals surface area contributed by atoms with E-state index in [4.69, 9.17) is 16.3 Å². The minimum Gasteiger partial charge on any atom is -0.465 e. The Hall–Kier alpha value is -3.26. The maximum atomic E-state index is 11.7. The number of benzene rings is 1. The zero-order chi connectivity index (χ0) is 19.9. The van der Waals surface area contributed by atoms with E-state index in [1.807, 2.05) is 24.1 Å². The molecule has 3 rings (SSSR count). The lowest BCUT2D eigenvalue weighted by Crippen LogP contribution is -2.22. The van der Waals surface area contributed by atoms with Gasteiger partial charge in [0.05, 0.1) is 29.6 Å². The summed E-state index contributed by atoms with van der Waals surface area (Å²) in [7, 11) is 3.25. The van der Waals surface area contributed by atoms with E-state index in [1.165, 1.54) is 12.7 Å². The van der Waals surface area contributed by atoms with Gasteiger partial charge in [-0.3, -0.25) is 4.98 Å². The van der Waals surface area contributed by atoms with Crippen molar-refractivity contribution in [3.63, 3.8) is 0 Å². The second-order valence-corrected chi connectivity index (χ2v) is 6.38. The summed E-state index contributed by atoms with van der Waals surface area (Å²) < 4.78 is 4.73. The highest BCUT2D eigenvalue weighted by Gasteiger charge is 2.11. The van der Waals surface area contributed by atoms with Crippen LogP contribution in [0.3, 0.4) is 0 Å². The quantitative estimate of drug-likeness (QED) is 0.607. The van der Waals surface area contributed by atoms with Gasteiger partial charge in [0.1, 0.15) is 0 Å². The number of halogens is 1. The number of carbonyl (C=O) groups excluding carboxylic acids is 1. The number of anilines is 3. The fourth-order valence-corrected chi connectivity index (χ4v) is 2.64. The van der Waals surface area contributed by atoms with E-state index in [0.29, 0.717) is 22.1 Å². The van der Waals surface area contributed by atoms with Gasteiger partial charge in [0, 0.05) is 26.0 Å². The molecule has 0 radical (unpaired) electrons. The van der Waals surface area contributed by atoms with Gasteiger partial charge in [-0.05, 0) is 42.3 Å². The number of aromatic nitrogens is 4. The lowest BCUT2D eigenvalue weighted by molar-refractivity contribution is 0.0601. The van der Waals surface area contributed by atoms with E-state index in [0.717, 1.165) is 13.0 Å². The van der Waals surface area contributed by atoms with Crippen molar-refractivity contribution >= 4 is 35.0 Å². The fraction of sp³-hybridized carbons (Fsp3) is 0.211. The fourth-order valence-electron chi connectivity index (χ4n) is 2.48. The number of methoxy groups -OCH3 is 1. The van der Waals surface area contributed by atoms with Gasteiger partial charge in [-0.2, -0.15) is 10.1 Å². The maximum Gasteiger partial charge on any atom is 0.337 e. The molecule has 0 saturated carbocycles. The lowest BCUT2D eigenvalue weighted by atomic mass is 10.2. The van der Waals surface area contributed by atoms with Crippen LogP contribution in [0.15, 0.2) is 48.9 Å². The Bertz CT molecular complexity index is 954. The molecule has 0 saturated heterocycles. The Morgan fingerprint density at radius 3 is 2.79 bits per heavy atom. The van der Waals surface area contributed by atoms with E-state index >= 15 is 0 Å². The van der Waals surface area contributed by atoms with Crippen LogP contribution in [-0.2, 0) is 11.2 Å². The van der Waals surface area contributed by atoms with Gasteiger partial charge in [-0.25, -0.2) is 4.79 Å². The predicted octanol–water partition coefficient (Wildman–Crippen LogP) is 3.13. The summed E-state index contributed by atoms with van der Waals surface area (Å²) in [6, 6.07) is 8.73. The molecule has 2 heterocycles. The molecule has 28 heavy (non-hydrogen) atoms. The van der Waals surface area contributed by atoms with Crippen LogP contribution >= 0.6 is 11.6 Å². The first-order valence-corrected chi connectivity index (χ1v) is 8.89. The van der Waals surface area contributed by atoms with E-state index in [2.05, 4.69) is 25.5 Å². The first-order valence-electron chi connectivity index (χ1n) is 8.51.